The maximum Gasteiger partial charge on any atom is 0.573 e. The van der Waals surface area contributed by atoms with E-state index in [0.717, 1.165) is 24.3 Å². The van der Waals surface area contributed by atoms with Crippen LogP contribution in [0, 0.1) is 5.82 Å². The average molecular weight is 314 g/mol. The van der Waals surface area contributed by atoms with Crippen molar-refractivity contribution >= 4 is 5.97 Å². The molecule has 2 rings (SSSR count). The highest BCUT2D eigenvalue weighted by Gasteiger charge is 2.31. The Hall–Kier alpha value is -2.57. The monoisotopic (exact) mass is 314 g/mol. The SMILES string of the molecule is O=C(O)Cc1cc(F)ccc1-c1cccc(OC(F)(F)F)c1. The molecule has 0 aliphatic heterocycles. The summed E-state index contributed by atoms with van der Waals surface area (Å²) in [7, 11) is 0. The first-order valence-electron chi connectivity index (χ1n) is 6.11. The molecule has 0 amide bonds. The number of carbonyl (C=O) groups is 1. The van der Waals surface area contributed by atoms with Gasteiger partial charge in [-0.3, -0.25) is 4.79 Å². The first-order chi connectivity index (χ1) is 10.2. The van der Waals surface area contributed by atoms with Gasteiger partial charge in [-0.2, -0.15) is 0 Å². The van der Waals surface area contributed by atoms with E-state index in [4.69, 9.17) is 5.11 Å². The number of hydrogen-bond donors (Lipinski definition) is 1. The second-order valence-corrected chi connectivity index (χ2v) is 4.45. The lowest BCUT2D eigenvalue weighted by Gasteiger charge is -2.12. The summed E-state index contributed by atoms with van der Waals surface area (Å²) in [5, 5.41) is 8.84. The molecule has 7 heteroatoms. The van der Waals surface area contributed by atoms with Gasteiger partial charge in [0.05, 0.1) is 6.42 Å². The number of aliphatic carboxylic acids is 1. The normalized spacial score (nSPS) is 11.3. The predicted octanol–water partition coefficient (Wildman–Crippen LogP) is 4.02. The standard InChI is InChI=1S/C15H10F4O3/c16-11-4-5-13(10(6-11)8-14(20)21)9-2-1-3-12(7-9)22-15(17,18)19/h1-7H,8H2,(H,20,21). The highest BCUT2D eigenvalue weighted by atomic mass is 19.4. The van der Waals surface area contributed by atoms with Crippen molar-refractivity contribution < 1.29 is 32.2 Å². The molecule has 0 aliphatic rings. The molecule has 0 radical (unpaired) electrons. The Labute approximate surface area is 122 Å². The van der Waals surface area contributed by atoms with Crippen LogP contribution in [0.1, 0.15) is 5.56 Å². The third-order valence-corrected chi connectivity index (χ3v) is 2.79. The smallest absolute Gasteiger partial charge is 0.481 e. The van der Waals surface area contributed by atoms with Gasteiger partial charge in [-0.25, -0.2) is 4.39 Å². The van der Waals surface area contributed by atoms with E-state index in [1.165, 1.54) is 18.2 Å². The molecule has 0 atom stereocenters. The van der Waals surface area contributed by atoms with Gasteiger partial charge in [0.2, 0.25) is 0 Å². The third kappa shape index (κ3) is 4.21. The Morgan fingerprint density at radius 3 is 2.50 bits per heavy atom. The minimum Gasteiger partial charge on any atom is -0.481 e. The van der Waals surface area contributed by atoms with Crippen LogP contribution >= 0.6 is 0 Å². The summed E-state index contributed by atoms with van der Waals surface area (Å²) < 4.78 is 53.8. The van der Waals surface area contributed by atoms with Gasteiger partial charge in [0.25, 0.3) is 0 Å². The molecule has 0 bridgehead atoms. The molecule has 1 N–H and O–H groups in total. The van der Waals surface area contributed by atoms with Crippen LogP contribution in [0.5, 0.6) is 5.75 Å². The first kappa shape index (κ1) is 15.8. The van der Waals surface area contributed by atoms with Crippen molar-refractivity contribution in [1.82, 2.24) is 0 Å². The van der Waals surface area contributed by atoms with Gasteiger partial charge in [-0.05, 0) is 41.0 Å². The van der Waals surface area contributed by atoms with Crippen molar-refractivity contribution in [2.45, 2.75) is 12.8 Å². The fourth-order valence-electron chi connectivity index (χ4n) is 2.01. The van der Waals surface area contributed by atoms with E-state index in [0.29, 0.717) is 11.1 Å². The fourth-order valence-corrected chi connectivity index (χ4v) is 2.01. The Bertz CT molecular complexity index is 695. The Balaban J connectivity index is 2.43. The van der Waals surface area contributed by atoms with Crippen LogP contribution in [0.2, 0.25) is 0 Å². The number of benzene rings is 2. The summed E-state index contributed by atoms with van der Waals surface area (Å²) in [4.78, 5) is 10.8. The molecular weight excluding hydrogens is 304 g/mol. The van der Waals surface area contributed by atoms with Crippen molar-refractivity contribution in [3.8, 4) is 16.9 Å². The van der Waals surface area contributed by atoms with E-state index in [1.54, 1.807) is 0 Å². The van der Waals surface area contributed by atoms with Gasteiger partial charge in [0, 0.05) is 0 Å². The van der Waals surface area contributed by atoms with E-state index in [-0.39, 0.29) is 5.56 Å². The van der Waals surface area contributed by atoms with Gasteiger partial charge in [0.15, 0.2) is 0 Å². The van der Waals surface area contributed by atoms with Crippen LogP contribution in [0.15, 0.2) is 42.5 Å². The van der Waals surface area contributed by atoms with Crippen molar-refractivity contribution in [2.24, 2.45) is 0 Å². The summed E-state index contributed by atoms with van der Waals surface area (Å²) >= 11 is 0. The third-order valence-electron chi connectivity index (χ3n) is 2.79. The minimum atomic E-state index is -4.83. The molecule has 0 aliphatic carbocycles. The molecule has 0 saturated heterocycles. The van der Waals surface area contributed by atoms with Crippen LogP contribution < -0.4 is 4.74 Å². The molecule has 2 aromatic rings. The van der Waals surface area contributed by atoms with Gasteiger partial charge in [-0.15, -0.1) is 13.2 Å². The number of ether oxygens (including phenoxy) is 1. The van der Waals surface area contributed by atoms with Crippen LogP contribution in [-0.2, 0) is 11.2 Å². The predicted molar refractivity (Wildman–Crippen MR) is 69.9 cm³/mol. The second-order valence-electron chi connectivity index (χ2n) is 4.45. The van der Waals surface area contributed by atoms with Crippen LogP contribution in [-0.4, -0.2) is 17.4 Å². The second kappa shape index (κ2) is 6.05. The van der Waals surface area contributed by atoms with Crippen LogP contribution in [0.3, 0.4) is 0 Å². The Morgan fingerprint density at radius 2 is 1.86 bits per heavy atom. The van der Waals surface area contributed by atoms with Crippen molar-refractivity contribution in [2.75, 3.05) is 0 Å². The maximum atomic E-state index is 13.2. The van der Waals surface area contributed by atoms with E-state index in [9.17, 15) is 22.4 Å². The number of rotatable bonds is 4. The quantitative estimate of drug-likeness (QED) is 0.867. The Kier molecular flexibility index (Phi) is 4.35. The highest BCUT2D eigenvalue weighted by Crippen LogP contribution is 2.30. The number of carboxylic acid groups (broad SMARTS) is 1. The van der Waals surface area contributed by atoms with Crippen molar-refractivity contribution in [3.05, 3.63) is 53.8 Å². The number of carboxylic acids is 1. The van der Waals surface area contributed by atoms with Crippen molar-refractivity contribution in [1.29, 1.82) is 0 Å². The average Bonchev–Trinajstić information content (AvgIpc) is 2.36. The fraction of sp³-hybridized carbons (Fsp3) is 0.133. The molecule has 3 nitrogen and oxygen atoms in total. The van der Waals surface area contributed by atoms with Crippen molar-refractivity contribution in [3.63, 3.8) is 0 Å². The first-order valence-corrected chi connectivity index (χ1v) is 6.11. The lowest BCUT2D eigenvalue weighted by Crippen LogP contribution is -2.17. The summed E-state index contributed by atoms with van der Waals surface area (Å²) in [6, 6.07) is 8.54. The Morgan fingerprint density at radius 1 is 1.14 bits per heavy atom. The van der Waals surface area contributed by atoms with Crippen LogP contribution in [0.25, 0.3) is 11.1 Å². The number of halogens is 4. The molecule has 0 heterocycles. The highest BCUT2D eigenvalue weighted by molar-refractivity contribution is 5.77. The lowest BCUT2D eigenvalue weighted by atomic mass is 9.97. The molecule has 2 aromatic carbocycles. The summed E-state index contributed by atoms with van der Waals surface area (Å²) in [6.07, 6.45) is -5.28. The lowest BCUT2D eigenvalue weighted by molar-refractivity contribution is -0.274. The van der Waals surface area contributed by atoms with Gasteiger partial charge < -0.3 is 9.84 Å². The van der Waals surface area contributed by atoms with E-state index < -0.39 is 30.3 Å². The minimum absolute atomic E-state index is 0.164. The molecule has 0 unspecified atom stereocenters. The van der Waals surface area contributed by atoms with E-state index in [1.807, 2.05) is 0 Å². The van der Waals surface area contributed by atoms with Gasteiger partial charge in [-0.1, -0.05) is 18.2 Å². The zero-order valence-corrected chi connectivity index (χ0v) is 11.0. The molecular formula is C15H10F4O3. The summed E-state index contributed by atoms with van der Waals surface area (Å²) in [5.41, 5.74) is 0.797. The van der Waals surface area contributed by atoms with E-state index in [2.05, 4.69) is 4.74 Å². The van der Waals surface area contributed by atoms with Gasteiger partial charge >= 0.3 is 12.3 Å². The molecule has 0 fully saturated rings. The summed E-state index contributed by atoms with van der Waals surface area (Å²) in [5.74, 6) is -2.23. The molecule has 0 saturated carbocycles. The number of hydrogen-bond acceptors (Lipinski definition) is 2. The van der Waals surface area contributed by atoms with E-state index >= 15 is 0 Å². The van der Waals surface area contributed by atoms with Gasteiger partial charge in [0.1, 0.15) is 11.6 Å². The maximum absolute atomic E-state index is 13.2. The molecule has 22 heavy (non-hydrogen) atoms. The summed E-state index contributed by atoms with van der Waals surface area (Å²) in [6.45, 7) is 0. The zero-order valence-electron chi connectivity index (χ0n) is 11.0. The van der Waals surface area contributed by atoms with Crippen LogP contribution in [0.4, 0.5) is 17.6 Å². The largest absolute Gasteiger partial charge is 0.573 e. The topological polar surface area (TPSA) is 46.5 Å². The molecule has 116 valence electrons. The number of alkyl halides is 3. The molecule has 0 aromatic heterocycles. The zero-order chi connectivity index (χ0) is 16.3. The molecule has 0 spiro atoms.